The van der Waals surface area contributed by atoms with Crippen LogP contribution in [0.25, 0.3) is 0 Å². The molecule has 0 aliphatic carbocycles. The lowest BCUT2D eigenvalue weighted by Crippen LogP contribution is -2.17. The fourth-order valence-electron chi connectivity index (χ4n) is 2.11. The zero-order valence-corrected chi connectivity index (χ0v) is 14.8. The number of methoxy groups -OCH3 is 1. The molecule has 8 nitrogen and oxygen atoms in total. The number of nitrogens with zero attached hydrogens (tertiary/aromatic N) is 2. The maximum Gasteiger partial charge on any atom is 0.273 e. The first kappa shape index (κ1) is 17.8. The van der Waals surface area contributed by atoms with E-state index in [2.05, 4.69) is 15.1 Å². The first-order valence-corrected chi connectivity index (χ1v) is 8.91. The highest BCUT2D eigenvalue weighted by Crippen LogP contribution is 2.29. The molecule has 0 bridgehead atoms. The molecule has 0 saturated heterocycles. The first-order valence-electron chi connectivity index (χ1n) is 7.26. The number of sulfonamides is 1. The molecule has 0 aliphatic rings. The van der Waals surface area contributed by atoms with Crippen LogP contribution in [0.2, 0.25) is 0 Å². The van der Waals surface area contributed by atoms with Gasteiger partial charge in [0.25, 0.3) is 5.91 Å². The zero-order valence-electron chi connectivity index (χ0n) is 14.0. The van der Waals surface area contributed by atoms with E-state index in [4.69, 9.17) is 4.74 Å². The Labute approximate surface area is 140 Å². The average molecular weight is 352 g/mol. The van der Waals surface area contributed by atoms with Crippen LogP contribution < -0.4 is 14.8 Å². The van der Waals surface area contributed by atoms with Gasteiger partial charge in [0.1, 0.15) is 11.4 Å². The van der Waals surface area contributed by atoms with Crippen molar-refractivity contribution in [2.75, 3.05) is 22.9 Å². The SMILES string of the molecule is CCS(=O)(=O)Nc1ccc(NC(=O)c2cc(C)nn2C)cc1OC. The minimum atomic E-state index is -3.42. The highest BCUT2D eigenvalue weighted by molar-refractivity contribution is 7.92. The highest BCUT2D eigenvalue weighted by Gasteiger charge is 2.15. The third-order valence-electron chi connectivity index (χ3n) is 3.34. The second-order valence-electron chi connectivity index (χ2n) is 5.17. The lowest BCUT2D eigenvalue weighted by molar-refractivity contribution is 0.101. The summed E-state index contributed by atoms with van der Waals surface area (Å²) in [4.78, 5) is 12.3. The van der Waals surface area contributed by atoms with Crippen molar-refractivity contribution < 1.29 is 17.9 Å². The molecule has 1 aromatic carbocycles. The van der Waals surface area contributed by atoms with Crippen molar-refractivity contribution in [2.24, 2.45) is 7.05 Å². The van der Waals surface area contributed by atoms with Crippen LogP contribution in [0.5, 0.6) is 5.75 Å². The molecule has 24 heavy (non-hydrogen) atoms. The molecule has 1 aromatic heterocycles. The Morgan fingerprint density at radius 3 is 2.58 bits per heavy atom. The van der Waals surface area contributed by atoms with Gasteiger partial charge in [0.05, 0.1) is 24.2 Å². The largest absolute Gasteiger partial charge is 0.494 e. The number of benzene rings is 1. The Morgan fingerprint density at radius 2 is 2.04 bits per heavy atom. The quantitative estimate of drug-likeness (QED) is 0.824. The van der Waals surface area contributed by atoms with E-state index in [-0.39, 0.29) is 11.7 Å². The second-order valence-corrected chi connectivity index (χ2v) is 7.18. The summed E-state index contributed by atoms with van der Waals surface area (Å²) in [7, 11) is -0.304. The van der Waals surface area contributed by atoms with Gasteiger partial charge >= 0.3 is 0 Å². The van der Waals surface area contributed by atoms with E-state index >= 15 is 0 Å². The monoisotopic (exact) mass is 352 g/mol. The van der Waals surface area contributed by atoms with Gasteiger partial charge in [0.15, 0.2) is 0 Å². The van der Waals surface area contributed by atoms with Crippen molar-refractivity contribution >= 4 is 27.3 Å². The normalized spacial score (nSPS) is 11.2. The number of rotatable bonds is 6. The number of aromatic nitrogens is 2. The number of aryl methyl sites for hydroxylation is 2. The number of anilines is 2. The number of nitrogens with one attached hydrogen (secondary N) is 2. The van der Waals surface area contributed by atoms with Gasteiger partial charge in [-0.2, -0.15) is 5.10 Å². The minimum absolute atomic E-state index is 0.0471. The molecule has 130 valence electrons. The maximum absolute atomic E-state index is 12.3. The average Bonchev–Trinajstić information content (AvgIpc) is 2.87. The van der Waals surface area contributed by atoms with E-state index in [1.807, 2.05) is 0 Å². The minimum Gasteiger partial charge on any atom is -0.494 e. The van der Waals surface area contributed by atoms with Crippen LogP contribution in [0.3, 0.4) is 0 Å². The molecular weight excluding hydrogens is 332 g/mol. The van der Waals surface area contributed by atoms with Crippen LogP contribution in [-0.4, -0.2) is 37.0 Å². The summed E-state index contributed by atoms with van der Waals surface area (Å²) < 4.78 is 32.5. The van der Waals surface area contributed by atoms with Crippen LogP contribution in [0, 0.1) is 6.92 Å². The van der Waals surface area contributed by atoms with Crippen molar-refractivity contribution in [1.82, 2.24) is 9.78 Å². The number of hydrogen-bond donors (Lipinski definition) is 2. The predicted molar refractivity (Wildman–Crippen MR) is 92.0 cm³/mol. The van der Waals surface area contributed by atoms with E-state index < -0.39 is 10.0 Å². The van der Waals surface area contributed by atoms with Crippen molar-refractivity contribution in [3.63, 3.8) is 0 Å². The Bertz CT molecular complexity index is 858. The van der Waals surface area contributed by atoms with E-state index in [1.165, 1.54) is 17.9 Å². The molecule has 0 radical (unpaired) electrons. The molecule has 0 spiro atoms. The smallest absolute Gasteiger partial charge is 0.273 e. The van der Waals surface area contributed by atoms with Crippen LogP contribution in [0.15, 0.2) is 24.3 Å². The summed E-state index contributed by atoms with van der Waals surface area (Å²) in [5, 5.41) is 6.86. The Hall–Kier alpha value is -2.55. The molecular formula is C15H20N4O4S. The third kappa shape index (κ3) is 4.05. The molecule has 2 rings (SSSR count). The van der Waals surface area contributed by atoms with Gasteiger partial charge in [0, 0.05) is 18.8 Å². The molecule has 1 heterocycles. The molecule has 0 fully saturated rings. The summed E-state index contributed by atoms with van der Waals surface area (Å²) in [6, 6.07) is 6.36. The fourth-order valence-corrected chi connectivity index (χ4v) is 2.76. The number of hydrogen-bond acceptors (Lipinski definition) is 5. The van der Waals surface area contributed by atoms with Crippen LogP contribution in [-0.2, 0) is 17.1 Å². The van der Waals surface area contributed by atoms with Gasteiger partial charge in [-0.05, 0) is 32.0 Å². The molecule has 0 aliphatic heterocycles. The van der Waals surface area contributed by atoms with Crippen molar-refractivity contribution in [1.29, 1.82) is 0 Å². The van der Waals surface area contributed by atoms with Gasteiger partial charge in [-0.25, -0.2) is 8.42 Å². The van der Waals surface area contributed by atoms with Gasteiger partial charge in [-0.15, -0.1) is 0 Å². The molecule has 0 unspecified atom stereocenters. The van der Waals surface area contributed by atoms with Gasteiger partial charge < -0.3 is 10.1 Å². The summed E-state index contributed by atoms with van der Waals surface area (Å²) in [5.41, 5.74) is 1.95. The summed E-state index contributed by atoms with van der Waals surface area (Å²) in [6.45, 7) is 3.34. The Kier molecular flexibility index (Phi) is 5.13. The topological polar surface area (TPSA) is 102 Å². The van der Waals surface area contributed by atoms with Gasteiger partial charge in [-0.1, -0.05) is 0 Å². The van der Waals surface area contributed by atoms with E-state index in [1.54, 1.807) is 39.1 Å². The molecule has 9 heteroatoms. The molecule has 1 amide bonds. The van der Waals surface area contributed by atoms with Crippen LogP contribution in [0.1, 0.15) is 23.1 Å². The number of ether oxygens (including phenoxy) is 1. The summed E-state index contributed by atoms with van der Waals surface area (Å²) in [5.74, 6) is -0.0536. The molecule has 0 atom stereocenters. The summed E-state index contributed by atoms with van der Waals surface area (Å²) >= 11 is 0. The van der Waals surface area contributed by atoms with Gasteiger partial charge in [0.2, 0.25) is 10.0 Å². The number of carbonyl (C=O) groups is 1. The van der Waals surface area contributed by atoms with E-state index in [0.717, 1.165) is 5.69 Å². The Morgan fingerprint density at radius 1 is 1.33 bits per heavy atom. The van der Waals surface area contributed by atoms with Crippen LogP contribution >= 0.6 is 0 Å². The molecule has 2 aromatic rings. The standard InChI is InChI=1S/C15H20N4O4S/c1-5-24(21,22)18-12-7-6-11(9-14(12)23-4)16-15(20)13-8-10(2)17-19(13)3/h6-9,18H,5H2,1-4H3,(H,16,20). The highest BCUT2D eigenvalue weighted by atomic mass is 32.2. The number of carbonyl (C=O) groups excluding carboxylic acids is 1. The number of amides is 1. The van der Waals surface area contributed by atoms with Crippen LogP contribution in [0.4, 0.5) is 11.4 Å². The van der Waals surface area contributed by atoms with E-state index in [9.17, 15) is 13.2 Å². The molecule has 2 N–H and O–H groups in total. The Balaban J connectivity index is 2.23. The zero-order chi connectivity index (χ0) is 17.9. The third-order valence-corrected chi connectivity index (χ3v) is 4.63. The predicted octanol–water partition coefficient (Wildman–Crippen LogP) is 1.75. The fraction of sp³-hybridized carbons (Fsp3) is 0.333. The van der Waals surface area contributed by atoms with Crippen molar-refractivity contribution in [2.45, 2.75) is 13.8 Å². The maximum atomic E-state index is 12.3. The first-order chi connectivity index (χ1) is 11.3. The van der Waals surface area contributed by atoms with Crippen molar-refractivity contribution in [3.8, 4) is 5.75 Å². The summed E-state index contributed by atoms with van der Waals surface area (Å²) in [6.07, 6.45) is 0. The lowest BCUT2D eigenvalue weighted by atomic mass is 10.2. The van der Waals surface area contributed by atoms with E-state index in [0.29, 0.717) is 22.8 Å². The van der Waals surface area contributed by atoms with Gasteiger partial charge in [-0.3, -0.25) is 14.2 Å². The molecule has 0 saturated carbocycles. The van der Waals surface area contributed by atoms with Crippen molar-refractivity contribution in [3.05, 3.63) is 35.7 Å². The lowest BCUT2D eigenvalue weighted by Gasteiger charge is -2.13. The second kappa shape index (κ2) is 6.91.